The molecule has 112 valence electrons. The highest BCUT2D eigenvalue weighted by Crippen LogP contribution is 2.22. The molecular weight excluding hydrogens is 238 g/mol. The molecule has 3 unspecified atom stereocenters. The Hall–Kier alpha value is -0.610. The fourth-order valence-corrected chi connectivity index (χ4v) is 2.95. The minimum absolute atomic E-state index is 0.0103. The van der Waals surface area contributed by atoms with Gasteiger partial charge in [0.2, 0.25) is 5.91 Å². The Labute approximate surface area is 118 Å². The van der Waals surface area contributed by atoms with E-state index in [4.69, 9.17) is 0 Å². The van der Waals surface area contributed by atoms with Gasteiger partial charge in [0, 0.05) is 33.2 Å². The summed E-state index contributed by atoms with van der Waals surface area (Å²) < 4.78 is 0. The Bertz CT molecular complexity index is 281. The van der Waals surface area contributed by atoms with Crippen molar-refractivity contribution in [2.24, 2.45) is 5.92 Å². The molecule has 0 aromatic heterocycles. The molecule has 1 saturated heterocycles. The molecule has 19 heavy (non-hydrogen) atoms. The lowest BCUT2D eigenvalue weighted by atomic mass is 9.89. The SMILES string of the molecule is CCCNC1CCN(C(C)C(=O)N(C)C)CC1CC. The van der Waals surface area contributed by atoms with Gasteiger partial charge in [0.15, 0.2) is 0 Å². The first-order valence-corrected chi connectivity index (χ1v) is 7.69. The number of amides is 1. The van der Waals surface area contributed by atoms with Crippen LogP contribution in [-0.4, -0.2) is 61.5 Å². The predicted octanol–water partition coefficient (Wildman–Crippen LogP) is 1.56. The number of likely N-dealkylation sites (tertiary alicyclic amines) is 1. The third-order valence-electron chi connectivity index (χ3n) is 4.29. The van der Waals surface area contributed by atoms with Gasteiger partial charge in [-0.25, -0.2) is 0 Å². The number of carbonyl (C=O) groups is 1. The molecule has 1 N–H and O–H groups in total. The van der Waals surface area contributed by atoms with Gasteiger partial charge < -0.3 is 10.2 Å². The van der Waals surface area contributed by atoms with E-state index in [1.165, 1.54) is 12.8 Å². The highest BCUT2D eigenvalue weighted by Gasteiger charge is 2.32. The smallest absolute Gasteiger partial charge is 0.239 e. The van der Waals surface area contributed by atoms with Crippen LogP contribution in [0.4, 0.5) is 0 Å². The molecule has 1 rings (SSSR count). The summed E-state index contributed by atoms with van der Waals surface area (Å²) in [6.07, 6.45) is 3.52. The number of carbonyl (C=O) groups excluding carboxylic acids is 1. The molecule has 0 radical (unpaired) electrons. The van der Waals surface area contributed by atoms with E-state index in [2.05, 4.69) is 24.1 Å². The van der Waals surface area contributed by atoms with Gasteiger partial charge in [0.25, 0.3) is 0 Å². The minimum atomic E-state index is 0.0103. The monoisotopic (exact) mass is 269 g/mol. The van der Waals surface area contributed by atoms with Crippen molar-refractivity contribution in [3.63, 3.8) is 0 Å². The van der Waals surface area contributed by atoms with Crippen LogP contribution in [0, 0.1) is 5.92 Å². The zero-order valence-electron chi connectivity index (χ0n) is 13.3. The number of hydrogen-bond acceptors (Lipinski definition) is 3. The normalized spacial score (nSPS) is 26.2. The van der Waals surface area contributed by atoms with Crippen LogP contribution in [0.5, 0.6) is 0 Å². The summed E-state index contributed by atoms with van der Waals surface area (Å²) in [6.45, 7) is 9.67. The molecule has 0 saturated carbocycles. The van der Waals surface area contributed by atoms with Gasteiger partial charge in [-0.2, -0.15) is 0 Å². The molecule has 4 nitrogen and oxygen atoms in total. The zero-order valence-corrected chi connectivity index (χ0v) is 13.3. The van der Waals surface area contributed by atoms with Crippen molar-refractivity contribution < 1.29 is 4.79 Å². The number of hydrogen-bond donors (Lipinski definition) is 1. The summed E-state index contributed by atoms with van der Waals surface area (Å²) in [4.78, 5) is 16.1. The molecule has 0 bridgehead atoms. The first kappa shape index (κ1) is 16.4. The van der Waals surface area contributed by atoms with Gasteiger partial charge in [-0.1, -0.05) is 20.3 Å². The topological polar surface area (TPSA) is 35.6 Å². The summed E-state index contributed by atoms with van der Waals surface area (Å²) in [5, 5.41) is 3.66. The van der Waals surface area contributed by atoms with Crippen molar-refractivity contribution in [2.45, 2.75) is 52.1 Å². The van der Waals surface area contributed by atoms with Crippen molar-refractivity contribution in [3.05, 3.63) is 0 Å². The highest BCUT2D eigenvalue weighted by atomic mass is 16.2. The van der Waals surface area contributed by atoms with E-state index in [9.17, 15) is 4.79 Å². The average molecular weight is 269 g/mol. The van der Waals surface area contributed by atoms with E-state index in [1.807, 2.05) is 21.0 Å². The van der Waals surface area contributed by atoms with Gasteiger partial charge in [-0.15, -0.1) is 0 Å². The fraction of sp³-hybridized carbons (Fsp3) is 0.933. The van der Waals surface area contributed by atoms with Gasteiger partial charge >= 0.3 is 0 Å². The summed E-state index contributed by atoms with van der Waals surface area (Å²) in [5.74, 6) is 0.882. The Kier molecular flexibility index (Phi) is 6.80. The summed E-state index contributed by atoms with van der Waals surface area (Å²) >= 11 is 0. The second-order valence-corrected chi connectivity index (χ2v) is 5.92. The van der Waals surface area contributed by atoms with Crippen LogP contribution < -0.4 is 5.32 Å². The maximum atomic E-state index is 12.1. The Balaban J connectivity index is 2.56. The Morgan fingerprint density at radius 1 is 1.42 bits per heavy atom. The van der Waals surface area contributed by atoms with Crippen LogP contribution >= 0.6 is 0 Å². The summed E-state index contributed by atoms with van der Waals surface area (Å²) in [6, 6.07) is 0.638. The van der Waals surface area contributed by atoms with E-state index in [0.717, 1.165) is 26.1 Å². The van der Waals surface area contributed by atoms with Crippen LogP contribution in [0.3, 0.4) is 0 Å². The largest absolute Gasteiger partial charge is 0.347 e. The summed E-state index contributed by atoms with van der Waals surface area (Å²) in [5.41, 5.74) is 0. The second kappa shape index (κ2) is 7.85. The van der Waals surface area contributed by atoms with E-state index in [-0.39, 0.29) is 11.9 Å². The Morgan fingerprint density at radius 3 is 2.63 bits per heavy atom. The molecule has 1 fully saturated rings. The molecule has 0 spiro atoms. The molecule has 1 aliphatic rings. The van der Waals surface area contributed by atoms with E-state index >= 15 is 0 Å². The molecule has 1 amide bonds. The van der Waals surface area contributed by atoms with Gasteiger partial charge in [-0.05, 0) is 32.2 Å². The molecule has 0 aliphatic carbocycles. The lowest BCUT2D eigenvalue weighted by molar-refractivity contribution is -0.134. The number of nitrogens with one attached hydrogen (secondary N) is 1. The maximum absolute atomic E-state index is 12.1. The third kappa shape index (κ3) is 4.46. The summed E-state index contributed by atoms with van der Waals surface area (Å²) in [7, 11) is 3.68. The zero-order chi connectivity index (χ0) is 14.4. The number of rotatable bonds is 6. The molecule has 0 aromatic carbocycles. The van der Waals surface area contributed by atoms with Crippen molar-refractivity contribution in [3.8, 4) is 0 Å². The van der Waals surface area contributed by atoms with Crippen LogP contribution in [0.15, 0.2) is 0 Å². The van der Waals surface area contributed by atoms with E-state index in [0.29, 0.717) is 12.0 Å². The van der Waals surface area contributed by atoms with Crippen LogP contribution in [0.25, 0.3) is 0 Å². The lowest BCUT2D eigenvalue weighted by Gasteiger charge is -2.41. The van der Waals surface area contributed by atoms with Crippen LogP contribution in [0.1, 0.15) is 40.0 Å². The quantitative estimate of drug-likeness (QED) is 0.795. The molecule has 0 aromatic rings. The standard InChI is InChI=1S/C15H31N3O/c1-6-9-16-14-8-10-18(11-13(14)7-2)12(3)15(19)17(4)5/h12-14,16H,6-11H2,1-5H3. The first-order valence-electron chi connectivity index (χ1n) is 7.69. The number of piperidine rings is 1. The highest BCUT2D eigenvalue weighted by molar-refractivity contribution is 5.80. The van der Waals surface area contributed by atoms with E-state index in [1.54, 1.807) is 4.90 Å². The molecule has 4 heteroatoms. The van der Waals surface area contributed by atoms with Crippen molar-refractivity contribution in [1.82, 2.24) is 15.1 Å². The first-order chi connectivity index (χ1) is 9.01. The van der Waals surface area contributed by atoms with E-state index < -0.39 is 0 Å². The molecule has 1 heterocycles. The molecule has 3 atom stereocenters. The van der Waals surface area contributed by atoms with Crippen molar-refractivity contribution in [2.75, 3.05) is 33.7 Å². The number of nitrogens with zero attached hydrogens (tertiary/aromatic N) is 2. The van der Waals surface area contributed by atoms with Crippen LogP contribution in [-0.2, 0) is 4.79 Å². The average Bonchev–Trinajstić information content (AvgIpc) is 2.43. The predicted molar refractivity (Wildman–Crippen MR) is 80.2 cm³/mol. The Morgan fingerprint density at radius 2 is 2.11 bits per heavy atom. The van der Waals surface area contributed by atoms with Gasteiger partial charge in [0.1, 0.15) is 0 Å². The van der Waals surface area contributed by atoms with Gasteiger partial charge in [-0.3, -0.25) is 9.69 Å². The van der Waals surface area contributed by atoms with Crippen molar-refractivity contribution in [1.29, 1.82) is 0 Å². The maximum Gasteiger partial charge on any atom is 0.239 e. The lowest BCUT2D eigenvalue weighted by Crippen LogP contribution is -2.54. The van der Waals surface area contributed by atoms with Crippen molar-refractivity contribution >= 4 is 5.91 Å². The fourth-order valence-electron chi connectivity index (χ4n) is 2.95. The van der Waals surface area contributed by atoms with Gasteiger partial charge in [0.05, 0.1) is 6.04 Å². The minimum Gasteiger partial charge on any atom is -0.347 e. The third-order valence-corrected chi connectivity index (χ3v) is 4.29. The molecule has 1 aliphatic heterocycles. The number of likely N-dealkylation sites (N-methyl/N-ethyl adjacent to an activating group) is 1. The second-order valence-electron chi connectivity index (χ2n) is 5.92. The molecular formula is C15H31N3O. The van der Waals surface area contributed by atoms with Crippen LogP contribution in [0.2, 0.25) is 0 Å².